The highest BCUT2D eigenvalue weighted by molar-refractivity contribution is 6.40. The quantitative estimate of drug-likeness (QED) is 0.754. The van der Waals surface area contributed by atoms with E-state index in [2.05, 4.69) is 0 Å². The lowest BCUT2D eigenvalue weighted by atomic mass is 10.3. The summed E-state index contributed by atoms with van der Waals surface area (Å²) in [5, 5.41) is 1.22. The van der Waals surface area contributed by atoms with E-state index >= 15 is 0 Å². The van der Waals surface area contributed by atoms with Crippen LogP contribution in [-0.2, 0) is 4.74 Å². The minimum Gasteiger partial charge on any atom is -0.464 e. The first-order valence-electron chi connectivity index (χ1n) is 4.39. The molecule has 0 bridgehead atoms. The zero-order valence-electron chi connectivity index (χ0n) is 8.39. The van der Waals surface area contributed by atoms with Crippen molar-refractivity contribution in [3.05, 3.63) is 27.2 Å². The molecule has 2 nitrogen and oxygen atoms in total. The highest BCUT2D eigenvalue weighted by atomic mass is 35.5. The largest absolute Gasteiger partial charge is 0.464 e. The number of hydrogen-bond donors (Lipinski definition) is 0. The maximum atomic E-state index is 5.90. The molecule has 0 saturated heterocycles. The minimum absolute atomic E-state index is 0.0925. The van der Waals surface area contributed by atoms with Crippen molar-refractivity contribution in [1.82, 2.24) is 0 Å². The molecule has 0 atom stereocenters. The molecule has 84 valence electrons. The van der Waals surface area contributed by atoms with Crippen LogP contribution in [-0.4, -0.2) is 12.9 Å². The Bertz CT molecular complexity index is 316. The number of ether oxygens (including phenoxy) is 2. The van der Waals surface area contributed by atoms with Crippen LogP contribution in [0.15, 0.2) is 12.1 Å². The number of halogens is 3. The van der Waals surface area contributed by atoms with Gasteiger partial charge in [0.1, 0.15) is 0 Å². The molecule has 5 heteroatoms. The normalized spacial score (nSPS) is 10.8. The zero-order chi connectivity index (χ0) is 11.4. The summed E-state index contributed by atoms with van der Waals surface area (Å²) < 4.78 is 10.5. The van der Waals surface area contributed by atoms with Crippen LogP contribution in [0.25, 0.3) is 0 Å². The van der Waals surface area contributed by atoms with Crippen LogP contribution in [0, 0.1) is 0 Å². The van der Waals surface area contributed by atoms with E-state index in [-0.39, 0.29) is 12.9 Å². The second-order valence-corrected chi connectivity index (χ2v) is 4.43. The van der Waals surface area contributed by atoms with Gasteiger partial charge in [0, 0.05) is 5.02 Å². The van der Waals surface area contributed by atoms with Gasteiger partial charge in [-0.1, -0.05) is 34.8 Å². The minimum atomic E-state index is 0.0925. The highest BCUT2D eigenvalue weighted by Gasteiger charge is 2.09. The van der Waals surface area contributed by atoms with Gasteiger partial charge in [-0.25, -0.2) is 0 Å². The van der Waals surface area contributed by atoms with E-state index in [0.717, 1.165) is 0 Å². The molecule has 0 unspecified atom stereocenters. The van der Waals surface area contributed by atoms with Crippen LogP contribution in [0.1, 0.15) is 13.8 Å². The van der Waals surface area contributed by atoms with Crippen LogP contribution in [0.2, 0.25) is 15.1 Å². The van der Waals surface area contributed by atoms with Crippen molar-refractivity contribution in [2.24, 2.45) is 0 Å². The Morgan fingerprint density at radius 1 is 1.13 bits per heavy atom. The Morgan fingerprint density at radius 3 is 2.13 bits per heavy atom. The highest BCUT2D eigenvalue weighted by Crippen LogP contribution is 2.35. The molecule has 0 radical (unpaired) electrons. The molecule has 0 N–H and O–H groups in total. The third-order valence-electron chi connectivity index (χ3n) is 1.57. The standard InChI is InChI=1S/C10H11Cl3O2/c1-6(2)14-5-15-10-8(12)3-7(11)4-9(10)13/h3-4,6H,5H2,1-2H3. The first-order valence-corrected chi connectivity index (χ1v) is 5.53. The first-order chi connectivity index (χ1) is 7.00. The fourth-order valence-corrected chi connectivity index (χ4v) is 1.82. The van der Waals surface area contributed by atoms with Crippen molar-refractivity contribution in [1.29, 1.82) is 0 Å². The molecule has 1 aromatic rings. The second-order valence-electron chi connectivity index (χ2n) is 3.18. The van der Waals surface area contributed by atoms with Crippen molar-refractivity contribution in [3.63, 3.8) is 0 Å². The SMILES string of the molecule is CC(C)OCOc1c(Cl)cc(Cl)cc1Cl. The Balaban J connectivity index is 2.68. The number of hydrogen-bond acceptors (Lipinski definition) is 2. The average Bonchev–Trinajstić information content (AvgIpc) is 2.08. The summed E-state index contributed by atoms with van der Waals surface area (Å²) in [5.41, 5.74) is 0. The van der Waals surface area contributed by atoms with Crippen LogP contribution in [0.5, 0.6) is 5.75 Å². The number of rotatable bonds is 4. The summed E-state index contributed by atoms with van der Waals surface area (Å²) >= 11 is 17.6. The van der Waals surface area contributed by atoms with Crippen molar-refractivity contribution >= 4 is 34.8 Å². The van der Waals surface area contributed by atoms with Gasteiger partial charge < -0.3 is 9.47 Å². The molecule has 0 fully saturated rings. The van der Waals surface area contributed by atoms with E-state index < -0.39 is 0 Å². The fraction of sp³-hybridized carbons (Fsp3) is 0.400. The Morgan fingerprint density at radius 2 is 1.67 bits per heavy atom. The Kier molecular flexibility index (Phi) is 5.00. The molecule has 0 heterocycles. The van der Waals surface area contributed by atoms with E-state index in [1.807, 2.05) is 13.8 Å². The van der Waals surface area contributed by atoms with Crippen LogP contribution in [0.4, 0.5) is 0 Å². The molecule has 0 aliphatic carbocycles. The molecule has 0 aliphatic heterocycles. The van der Waals surface area contributed by atoms with Gasteiger partial charge >= 0.3 is 0 Å². The summed E-state index contributed by atoms with van der Waals surface area (Å²) in [5.74, 6) is 0.392. The summed E-state index contributed by atoms with van der Waals surface area (Å²) in [6, 6.07) is 3.14. The van der Waals surface area contributed by atoms with Crippen molar-refractivity contribution in [2.75, 3.05) is 6.79 Å². The molecule has 0 aliphatic rings. The topological polar surface area (TPSA) is 18.5 Å². The lowest BCUT2D eigenvalue weighted by Gasteiger charge is -2.12. The van der Waals surface area contributed by atoms with Crippen LogP contribution >= 0.6 is 34.8 Å². The predicted octanol–water partition coefficient (Wildman–Crippen LogP) is 4.41. The van der Waals surface area contributed by atoms with E-state index in [1.165, 1.54) is 0 Å². The molecule has 1 rings (SSSR count). The maximum Gasteiger partial charge on any atom is 0.189 e. The van der Waals surface area contributed by atoms with Crippen LogP contribution < -0.4 is 4.74 Å². The second kappa shape index (κ2) is 5.80. The third-order valence-corrected chi connectivity index (χ3v) is 2.35. The Labute approximate surface area is 104 Å². The van der Waals surface area contributed by atoms with Gasteiger partial charge in [0.25, 0.3) is 0 Å². The van der Waals surface area contributed by atoms with Gasteiger partial charge in [-0.15, -0.1) is 0 Å². The lowest BCUT2D eigenvalue weighted by Crippen LogP contribution is -2.09. The van der Waals surface area contributed by atoms with Crippen molar-refractivity contribution in [3.8, 4) is 5.75 Å². The van der Waals surface area contributed by atoms with E-state index in [1.54, 1.807) is 12.1 Å². The first kappa shape index (κ1) is 12.9. The van der Waals surface area contributed by atoms with E-state index in [9.17, 15) is 0 Å². The molecular weight excluding hydrogens is 258 g/mol. The molecule has 0 saturated carbocycles. The van der Waals surface area contributed by atoms with E-state index in [0.29, 0.717) is 20.8 Å². The summed E-state index contributed by atoms with van der Waals surface area (Å²) in [4.78, 5) is 0. The predicted molar refractivity (Wildman–Crippen MR) is 63.2 cm³/mol. The molecule has 1 aromatic carbocycles. The average molecular weight is 270 g/mol. The summed E-state index contributed by atoms with van der Waals surface area (Å²) in [6.07, 6.45) is 0.0925. The summed E-state index contributed by atoms with van der Waals surface area (Å²) in [6.45, 7) is 3.93. The van der Waals surface area contributed by atoms with Gasteiger partial charge in [0.15, 0.2) is 12.5 Å². The Hall–Kier alpha value is -0.150. The fourth-order valence-electron chi connectivity index (χ4n) is 0.896. The number of benzene rings is 1. The zero-order valence-corrected chi connectivity index (χ0v) is 10.7. The smallest absolute Gasteiger partial charge is 0.189 e. The van der Waals surface area contributed by atoms with Crippen molar-refractivity contribution in [2.45, 2.75) is 20.0 Å². The van der Waals surface area contributed by atoms with Gasteiger partial charge in [-0.3, -0.25) is 0 Å². The van der Waals surface area contributed by atoms with Crippen molar-refractivity contribution < 1.29 is 9.47 Å². The molecule has 0 spiro atoms. The van der Waals surface area contributed by atoms with Crippen LogP contribution in [0.3, 0.4) is 0 Å². The molecule has 0 amide bonds. The molecular formula is C10H11Cl3O2. The van der Waals surface area contributed by atoms with Gasteiger partial charge in [0.2, 0.25) is 0 Å². The maximum absolute atomic E-state index is 5.90. The van der Waals surface area contributed by atoms with E-state index in [4.69, 9.17) is 44.3 Å². The summed E-state index contributed by atoms with van der Waals surface area (Å²) in [7, 11) is 0. The lowest BCUT2D eigenvalue weighted by molar-refractivity contribution is -0.0199. The third kappa shape index (κ3) is 4.07. The monoisotopic (exact) mass is 268 g/mol. The molecule has 15 heavy (non-hydrogen) atoms. The molecule has 0 aromatic heterocycles. The van der Waals surface area contributed by atoms with Gasteiger partial charge in [-0.2, -0.15) is 0 Å². The van der Waals surface area contributed by atoms with Gasteiger partial charge in [0.05, 0.1) is 16.1 Å². The van der Waals surface area contributed by atoms with Gasteiger partial charge in [-0.05, 0) is 26.0 Å².